The number of hydrogen-bond donors (Lipinski definition) is 0. The summed E-state index contributed by atoms with van der Waals surface area (Å²) in [5, 5.41) is 3.28. The van der Waals surface area contributed by atoms with Crippen LogP contribution in [0.5, 0.6) is 0 Å². The van der Waals surface area contributed by atoms with E-state index in [1.54, 1.807) is 17.4 Å². The highest BCUT2D eigenvalue weighted by molar-refractivity contribution is 7.92. The van der Waals surface area contributed by atoms with E-state index in [1.807, 2.05) is 0 Å². The highest BCUT2D eigenvalue weighted by atomic mass is 35.5. The van der Waals surface area contributed by atoms with Crippen molar-refractivity contribution in [3.63, 3.8) is 0 Å². The van der Waals surface area contributed by atoms with Gasteiger partial charge < -0.3 is 4.90 Å². The van der Waals surface area contributed by atoms with Crippen molar-refractivity contribution in [1.82, 2.24) is 4.98 Å². The molecular formula is C22H22Cl2N2O2S2. The quantitative estimate of drug-likeness (QED) is 0.463. The first-order valence-corrected chi connectivity index (χ1v) is 12.9. The van der Waals surface area contributed by atoms with Crippen molar-refractivity contribution in [2.24, 2.45) is 0 Å². The van der Waals surface area contributed by atoms with Crippen LogP contribution >= 0.6 is 34.5 Å². The number of benzene rings is 2. The predicted molar refractivity (Wildman–Crippen MR) is 125 cm³/mol. The van der Waals surface area contributed by atoms with Crippen LogP contribution in [0, 0.1) is 6.92 Å². The molecule has 0 amide bonds. The first kappa shape index (κ1) is 21.6. The Balaban J connectivity index is 1.41. The molecule has 0 bridgehead atoms. The van der Waals surface area contributed by atoms with Crippen LogP contribution in [-0.4, -0.2) is 31.7 Å². The lowest BCUT2D eigenvalue weighted by atomic mass is 10.1. The molecule has 4 nitrogen and oxygen atoms in total. The Labute approximate surface area is 191 Å². The summed E-state index contributed by atoms with van der Waals surface area (Å²) in [4.78, 5) is 7.16. The Hall–Kier alpha value is -1.60. The van der Waals surface area contributed by atoms with Gasteiger partial charge in [0.05, 0.1) is 15.8 Å². The van der Waals surface area contributed by atoms with Gasteiger partial charge in [0, 0.05) is 34.9 Å². The lowest BCUT2D eigenvalue weighted by Gasteiger charge is -2.31. The highest BCUT2D eigenvalue weighted by Crippen LogP contribution is 2.31. The molecule has 3 aromatic rings. The van der Waals surface area contributed by atoms with Crippen LogP contribution < -0.4 is 4.90 Å². The number of sulfone groups is 1. The lowest BCUT2D eigenvalue weighted by molar-refractivity contribution is 0.529. The average Bonchev–Trinajstić information content (AvgIpc) is 3.18. The Morgan fingerprint density at radius 1 is 1.07 bits per heavy atom. The Bertz CT molecular complexity index is 1120. The standard InChI is InChI=1S/C22H22Cl2N2O2S2/c1-15-2-4-16(5-3-15)10-19-14-29-22(25-19)26-8-6-20(7-9-26)30(27,28)21-12-17(23)11-18(24)13-21/h2-5,11-14,20H,6-10H2,1H3. The van der Waals surface area contributed by atoms with Gasteiger partial charge in [-0.1, -0.05) is 53.0 Å². The predicted octanol–water partition coefficient (Wildman–Crippen LogP) is 5.79. The number of piperidine rings is 1. The van der Waals surface area contributed by atoms with E-state index in [0.29, 0.717) is 36.0 Å². The molecule has 158 valence electrons. The monoisotopic (exact) mass is 480 g/mol. The fourth-order valence-electron chi connectivity index (χ4n) is 3.68. The maximum Gasteiger partial charge on any atom is 0.185 e. The number of nitrogens with zero attached hydrogens (tertiary/aromatic N) is 2. The van der Waals surface area contributed by atoms with Crippen LogP contribution in [-0.2, 0) is 16.3 Å². The molecule has 0 atom stereocenters. The van der Waals surface area contributed by atoms with Gasteiger partial charge in [0.15, 0.2) is 15.0 Å². The molecule has 8 heteroatoms. The molecule has 30 heavy (non-hydrogen) atoms. The van der Waals surface area contributed by atoms with E-state index in [2.05, 4.69) is 41.5 Å². The largest absolute Gasteiger partial charge is 0.348 e. The average molecular weight is 481 g/mol. The summed E-state index contributed by atoms with van der Waals surface area (Å²) in [7, 11) is -3.46. The third-order valence-electron chi connectivity index (χ3n) is 5.36. The first-order chi connectivity index (χ1) is 14.3. The second kappa shape index (κ2) is 8.87. The van der Waals surface area contributed by atoms with Crippen LogP contribution in [0.2, 0.25) is 10.0 Å². The van der Waals surface area contributed by atoms with E-state index in [-0.39, 0.29) is 4.90 Å². The molecule has 0 N–H and O–H groups in total. The number of aryl methyl sites for hydroxylation is 1. The molecule has 0 saturated carbocycles. The molecule has 1 aliphatic rings. The third-order valence-corrected chi connectivity index (χ3v) is 8.99. The molecule has 0 unspecified atom stereocenters. The van der Waals surface area contributed by atoms with E-state index in [9.17, 15) is 8.42 Å². The van der Waals surface area contributed by atoms with Gasteiger partial charge in [0.25, 0.3) is 0 Å². The van der Waals surface area contributed by atoms with Crippen molar-refractivity contribution < 1.29 is 8.42 Å². The van der Waals surface area contributed by atoms with Crippen molar-refractivity contribution in [3.8, 4) is 0 Å². The number of halogens is 2. The maximum absolute atomic E-state index is 13.0. The molecule has 0 spiro atoms. The van der Waals surface area contributed by atoms with E-state index in [0.717, 1.165) is 17.2 Å². The van der Waals surface area contributed by atoms with Gasteiger partial charge in [-0.2, -0.15) is 0 Å². The third kappa shape index (κ3) is 4.83. The molecule has 2 aromatic carbocycles. The van der Waals surface area contributed by atoms with Crippen molar-refractivity contribution >= 4 is 49.5 Å². The molecule has 4 rings (SSSR count). The zero-order valence-corrected chi connectivity index (χ0v) is 19.7. The first-order valence-electron chi connectivity index (χ1n) is 9.76. The second-order valence-corrected chi connectivity index (χ2v) is 11.6. The summed E-state index contributed by atoms with van der Waals surface area (Å²) >= 11 is 13.6. The number of rotatable bonds is 5. The minimum Gasteiger partial charge on any atom is -0.348 e. The van der Waals surface area contributed by atoms with Gasteiger partial charge in [0.1, 0.15) is 0 Å². The molecular weight excluding hydrogens is 459 g/mol. The van der Waals surface area contributed by atoms with Gasteiger partial charge in [-0.15, -0.1) is 11.3 Å². The van der Waals surface area contributed by atoms with Crippen LogP contribution in [0.3, 0.4) is 0 Å². The molecule has 2 heterocycles. The van der Waals surface area contributed by atoms with E-state index in [4.69, 9.17) is 28.2 Å². The molecule has 1 aromatic heterocycles. The summed E-state index contributed by atoms with van der Waals surface area (Å²) in [6, 6.07) is 13.0. The minimum absolute atomic E-state index is 0.202. The Kier molecular flexibility index (Phi) is 6.39. The summed E-state index contributed by atoms with van der Waals surface area (Å²) in [5.41, 5.74) is 3.53. The number of thiazole rings is 1. The van der Waals surface area contributed by atoms with Crippen LogP contribution in [0.4, 0.5) is 5.13 Å². The zero-order chi connectivity index (χ0) is 21.3. The zero-order valence-electron chi connectivity index (χ0n) is 16.5. The van der Waals surface area contributed by atoms with E-state index < -0.39 is 15.1 Å². The smallest absolute Gasteiger partial charge is 0.185 e. The minimum atomic E-state index is -3.46. The van der Waals surface area contributed by atoms with Gasteiger partial charge in [-0.05, 0) is 43.5 Å². The number of hydrogen-bond acceptors (Lipinski definition) is 5. The molecule has 1 aliphatic heterocycles. The summed E-state index contributed by atoms with van der Waals surface area (Å²) in [6.45, 7) is 3.40. The highest BCUT2D eigenvalue weighted by Gasteiger charge is 2.32. The van der Waals surface area contributed by atoms with Gasteiger partial charge in [-0.3, -0.25) is 0 Å². The Morgan fingerprint density at radius 3 is 2.33 bits per heavy atom. The molecule has 1 fully saturated rings. The fourth-order valence-corrected chi connectivity index (χ4v) is 7.01. The second-order valence-electron chi connectivity index (χ2n) is 7.62. The Morgan fingerprint density at radius 2 is 1.70 bits per heavy atom. The normalized spacial score (nSPS) is 15.5. The van der Waals surface area contributed by atoms with Gasteiger partial charge in [0.2, 0.25) is 0 Å². The maximum atomic E-state index is 13.0. The number of anilines is 1. The lowest BCUT2D eigenvalue weighted by Crippen LogP contribution is -2.39. The van der Waals surface area contributed by atoms with Crippen molar-refractivity contribution in [2.75, 3.05) is 18.0 Å². The van der Waals surface area contributed by atoms with Crippen LogP contribution in [0.15, 0.2) is 52.7 Å². The number of aromatic nitrogens is 1. The fraction of sp³-hybridized carbons (Fsp3) is 0.318. The van der Waals surface area contributed by atoms with Crippen LogP contribution in [0.25, 0.3) is 0 Å². The van der Waals surface area contributed by atoms with Crippen molar-refractivity contribution in [2.45, 2.75) is 36.3 Å². The van der Waals surface area contributed by atoms with Gasteiger partial charge >= 0.3 is 0 Å². The van der Waals surface area contributed by atoms with Crippen LogP contribution in [0.1, 0.15) is 29.7 Å². The molecule has 0 radical (unpaired) electrons. The summed E-state index contributed by atoms with van der Waals surface area (Å²) < 4.78 is 26.0. The topological polar surface area (TPSA) is 50.3 Å². The summed E-state index contributed by atoms with van der Waals surface area (Å²) in [5.74, 6) is 0. The summed E-state index contributed by atoms with van der Waals surface area (Å²) in [6.07, 6.45) is 1.91. The van der Waals surface area contributed by atoms with E-state index >= 15 is 0 Å². The van der Waals surface area contributed by atoms with Gasteiger partial charge in [-0.25, -0.2) is 13.4 Å². The van der Waals surface area contributed by atoms with Crippen molar-refractivity contribution in [1.29, 1.82) is 0 Å². The SMILES string of the molecule is Cc1ccc(Cc2csc(N3CCC(S(=O)(=O)c4cc(Cl)cc(Cl)c4)CC3)n2)cc1. The van der Waals surface area contributed by atoms with E-state index in [1.165, 1.54) is 23.3 Å². The van der Waals surface area contributed by atoms with Crippen molar-refractivity contribution in [3.05, 3.63) is 74.7 Å². The molecule has 1 saturated heterocycles. The molecule has 0 aliphatic carbocycles.